The number of nitrogens with zero attached hydrogens (tertiary/aromatic N) is 9. The second kappa shape index (κ2) is 70.4. The largest absolute Gasteiger partial charge is 0.346 e. The number of aliphatic imine (C=N–C) groups is 1. The van der Waals surface area contributed by atoms with Crippen molar-refractivity contribution in [3.8, 4) is 11.1 Å². The van der Waals surface area contributed by atoms with Crippen LogP contribution in [0.4, 0.5) is 22.7 Å². The predicted octanol–water partition coefficient (Wildman–Crippen LogP) is 23.0. The fraction of sp³-hybridized carbons (Fsp3) is 0.591. The van der Waals surface area contributed by atoms with Gasteiger partial charge in [-0.3, -0.25) is 39.0 Å². The van der Waals surface area contributed by atoms with Crippen LogP contribution >= 0.6 is 0 Å². The summed E-state index contributed by atoms with van der Waals surface area (Å²) in [6, 6.07) is 38.9. The quantitative estimate of drug-likeness (QED) is 0.118. The van der Waals surface area contributed by atoms with Crippen molar-refractivity contribution in [3.05, 3.63) is 144 Å². The van der Waals surface area contributed by atoms with E-state index in [9.17, 15) is 34.0 Å². The average Bonchev–Trinajstić information content (AvgIpc) is 1.64. The maximum Gasteiger partial charge on any atom is 0.300 e. The molecule has 0 saturated carbocycles. The van der Waals surface area contributed by atoms with Gasteiger partial charge in [-0.2, -0.15) is 0 Å². The van der Waals surface area contributed by atoms with Gasteiger partial charge in [-0.15, -0.1) is 0 Å². The monoisotopic (exact) mass is 1520 g/mol. The molecule has 6 aliphatic heterocycles. The molecule has 109 heavy (non-hydrogen) atoms. The van der Waals surface area contributed by atoms with Crippen molar-refractivity contribution >= 4 is 69.6 Å². The first-order valence-corrected chi connectivity index (χ1v) is 41.5. The van der Waals surface area contributed by atoms with Crippen molar-refractivity contribution in [2.24, 2.45) is 22.7 Å². The van der Waals surface area contributed by atoms with E-state index in [1.54, 1.807) is 40.6 Å². The van der Waals surface area contributed by atoms with Crippen LogP contribution in [0.1, 0.15) is 283 Å². The average molecular weight is 1520 g/mol. The molecule has 0 aliphatic carbocycles. The number of aryl methyl sites for hydroxylation is 1. The second-order valence-electron chi connectivity index (χ2n) is 23.1. The Morgan fingerprint density at radius 1 is 0.367 bits per heavy atom. The van der Waals surface area contributed by atoms with Gasteiger partial charge in [-0.1, -0.05) is 292 Å². The fourth-order valence-corrected chi connectivity index (χ4v) is 11.4. The highest BCUT2D eigenvalue weighted by Gasteiger charge is 2.36. The lowest BCUT2D eigenvalue weighted by Crippen LogP contribution is -2.39. The zero-order valence-electron chi connectivity index (χ0n) is 76.3. The van der Waals surface area contributed by atoms with E-state index in [0.29, 0.717) is 11.6 Å². The summed E-state index contributed by atoms with van der Waals surface area (Å²) in [6.07, 6.45) is 5.42. The van der Waals surface area contributed by atoms with E-state index < -0.39 is 6.04 Å². The summed E-state index contributed by atoms with van der Waals surface area (Å²) in [7, 11) is 13.1. The Bertz CT molecular complexity index is 3170. The number of anilines is 4. The van der Waals surface area contributed by atoms with Crippen LogP contribution in [-0.4, -0.2) is 159 Å². The highest BCUT2D eigenvalue weighted by Crippen LogP contribution is 2.40. The minimum atomic E-state index is -0.558. The molecule has 0 spiro atoms. The highest BCUT2D eigenvalue weighted by atomic mass is 16.5. The molecule has 6 amide bonds. The van der Waals surface area contributed by atoms with Crippen LogP contribution in [0.25, 0.3) is 11.1 Å². The zero-order valence-corrected chi connectivity index (χ0v) is 76.3. The van der Waals surface area contributed by atoms with E-state index in [2.05, 4.69) is 35.1 Å². The van der Waals surface area contributed by atoms with Crippen molar-refractivity contribution in [1.82, 2.24) is 14.7 Å². The van der Waals surface area contributed by atoms with E-state index >= 15 is 0 Å². The lowest BCUT2D eigenvalue weighted by atomic mass is 9.92. The molecule has 2 fully saturated rings. The molecular weight excluding hydrogens is 1360 g/mol. The SMILES string of the molecule is C.CC.CC.CC.CC.CC.CC.CC.CC.CC.CC.CC.CC.CC1=NC(C)C(=O)N(C)c2ccccc21.CC1=[N+](O)C(C)C(=O)N(C)c2ccccc21.CC1C(=O)N(C)c2ccccc2-c2ccccc21.CC1CCCCN(C)C1=O.CC1CCc2ccccc2N(C)C1=O.CC1CN(C)CCN(C)C1=O. The lowest BCUT2D eigenvalue weighted by molar-refractivity contribution is -0.787. The summed E-state index contributed by atoms with van der Waals surface area (Å²) in [5, 5.41) is 9.91. The lowest BCUT2D eigenvalue weighted by Gasteiger charge is -2.19. The number of hydrogen-bond donors (Lipinski definition) is 1. The maximum absolute atomic E-state index is 12.4. The third kappa shape index (κ3) is 37.5. The number of hydrogen-bond acceptors (Lipinski definition) is 9. The van der Waals surface area contributed by atoms with Crippen molar-refractivity contribution in [1.29, 1.82) is 0 Å². The number of rotatable bonds is 0. The number of fused-ring (bicyclic) bond motifs is 6. The van der Waals surface area contributed by atoms with Crippen molar-refractivity contribution < 1.29 is 38.7 Å². The van der Waals surface area contributed by atoms with Crippen LogP contribution in [0, 0.1) is 17.8 Å². The maximum atomic E-state index is 12.4. The molecule has 6 atom stereocenters. The molecule has 16 heteroatoms. The molecule has 11 rings (SSSR count). The predicted molar refractivity (Wildman–Crippen MR) is 482 cm³/mol. The molecule has 16 nitrogen and oxygen atoms in total. The first-order chi connectivity index (χ1) is 51.9. The van der Waals surface area contributed by atoms with Gasteiger partial charge in [0.25, 0.3) is 17.9 Å². The molecule has 0 aromatic heterocycles. The van der Waals surface area contributed by atoms with E-state index in [1.807, 2.05) is 356 Å². The van der Waals surface area contributed by atoms with Gasteiger partial charge in [0.15, 0.2) is 0 Å². The smallest absolute Gasteiger partial charge is 0.300 e. The number of hydroxylamine groups is 1. The van der Waals surface area contributed by atoms with Crippen LogP contribution < -0.4 is 19.6 Å². The molecule has 1 N–H and O–H groups in total. The van der Waals surface area contributed by atoms with Gasteiger partial charge in [0, 0.05) is 123 Å². The summed E-state index contributed by atoms with van der Waals surface area (Å²) >= 11 is 0. The number of benzene rings is 5. The van der Waals surface area contributed by atoms with Crippen molar-refractivity contribution in [2.45, 2.75) is 279 Å². The molecule has 624 valence electrons. The Balaban J connectivity index is -0.000000178. The van der Waals surface area contributed by atoms with Crippen LogP contribution in [0.15, 0.2) is 126 Å². The van der Waals surface area contributed by atoms with E-state index in [4.69, 9.17) is 0 Å². The molecule has 6 heterocycles. The van der Waals surface area contributed by atoms with Gasteiger partial charge >= 0.3 is 0 Å². The number of carbonyl (C=O) groups is 6. The standard InChI is InChI=1S/C16H15NO.C12H15N2O2.C12H14N2O.C12H15NO.C8H16N2O.C8H15NO.12C2H6.CH4/c1-11-12-7-3-4-8-13(12)14-9-5-6-10-15(14)17(2)16(11)18;1-8-10-6-4-5-7-11(10)13(3)12(15)9(2)14(8)16;1-8-10-6-4-5-7-11(10)14(3)12(15)9(2)13-8;1-9-7-8-10-5-3-4-6-11(10)13(2)12(9)14;1-7-6-9(2)4-5-10(3)8(7)11;1-7-5-3-4-6-9(2)8(7)10;12*1-2;/h3-11H,1-2H3;4-7,9,16H,1-3H3;4-7,9H,1-3H3;3-6,9H,7-8H2,1-2H3;7H,4-6H2,1-3H3;7H,3-6H2,1-2H3;12*1-2H3;1H4/q;+1;;;;;;;;;;;;;;;;;. The zero-order chi connectivity index (χ0) is 85.7. The van der Waals surface area contributed by atoms with Gasteiger partial charge in [0.05, 0.1) is 28.5 Å². The molecule has 6 aliphatic rings. The third-order valence-electron chi connectivity index (χ3n) is 16.8. The van der Waals surface area contributed by atoms with Gasteiger partial charge in [-0.25, -0.2) is 0 Å². The number of para-hydroxylation sites is 4. The minimum absolute atomic E-state index is 0. The molecule has 0 radical (unpaired) electrons. The van der Waals surface area contributed by atoms with E-state index in [1.165, 1.54) is 24.0 Å². The number of likely N-dealkylation sites (tertiary alicyclic amines) is 1. The Labute approximate surface area is 671 Å². The van der Waals surface area contributed by atoms with Crippen LogP contribution in [0.2, 0.25) is 0 Å². The van der Waals surface area contributed by atoms with Crippen LogP contribution in [-0.2, 0) is 35.2 Å². The molecular formula is C93H166N9O7+. The minimum Gasteiger partial charge on any atom is -0.346 e. The Kier molecular flexibility index (Phi) is 75.4. The van der Waals surface area contributed by atoms with Gasteiger partial charge in [0.1, 0.15) is 6.04 Å². The fourth-order valence-electron chi connectivity index (χ4n) is 11.4. The molecule has 5 aromatic carbocycles. The summed E-state index contributed by atoms with van der Waals surface area (Å²) in [6.45, 7) is 66.9. The van der Waals surface area contributed by atoms with Crippen LogP contribution in [0.5, 0.6) is 0 Å². The summed E-state index contributed by atoms with van der Waals surface area (Å²) in [5.41, 5.74) is 12.1. The summed E-state index contributed by atoms with van der Waals surface area (Å²) in [4.78, 5) is 87.8. The third-order valence-corrected chi connectivity index (χ3v) is 16.8. The first kappa shape index (κ1) is 117. The molecule has 2 saturated heterocycles. The van der Waals surface area contributed by atoms with Gasteiger partial charge < -0.3 is 34.3 Å². The first-order valence-electron chi connectivity index (χ1n) is 41.5. The Morgan fingerprint density at radius 2 is 0.725 bits per heavy atom. The molecule has 0 bridgehead atoms. The number of amides is 6. The van der Waals surface area contributed by atoms with Gasteiger partial charge in [0.2, 0.25) is 29.3 Å². The number of likely N-dealkylation sites (N-methyl/N-ethyl adjacent to an activating group) is 5. The van der Waals surface area contributed by atoms with Crippen LogP contribution in [0.3, 0.4) is 0 Å². The van der Waals surface area contributed by atoms with E-state index in [0.717, 1.165) is 101 Å². The molecule has 6 unspecified atom stereocenters. The Hall–Kier alpha value is -7.98. The summed E-state index contributed by atoms with van der Waals surface area (Å²) in [5.74, 6) is 1.35. The van der Waals surface area contributed by atoms with E-state index in [-0.39, 0.29) is 66.7 Å². The molecule has 5 aromatic rings. The number of carbonyl (C=O) groups excluding carboxylic acids is 6. The Morgan fingerprint density at radius 3 is 1.22 bits per heavy atom. The van der Waals surface area contributed by atoms with Crippen molar-refractivity contribution in [2.75, 3.05) is 95.1 Å². The summed E-state index contributed by atoms with van der Waals surface area (Å²) < 4.78 is 1.03. The van der Waals surface area contributed by atoms with Gasteiger partial charge in [-0.05, 0) is 105 Å². The number of benzodiazepines with no additional fused rings is 2. The second-order valence-corrected chi connectivity index (χ2v) is 23.1. The normalized spacial score (nSPS) is 17.8. The highest BCUT2D eigenvalue weighted by molar-refractivity contribution is 6.12. The van der Waals surface area contributed by atoms with Crippen molar-refractivity contribution in [3.63, 3.8) is 0 Å². The topological polar surface area (TPSA) is 161 Å².